The van der Waals surface area contributed by atoms with E-state index in [0.717, 1.165) is 57.4 Å². The van der Waals surface area contributed by atoms with Crippen LogP contribution in [0.2, 0.25) is 0 Å². The van der Waals surface area contributed by atoms with E-state index < -0.39 is 0 Å². The molecule has 1 aromatic rings. The second-order valence-electron chi connectivity index (χ2n) is 7.46. The van der Waals surface area contributed by atoms with Gasteiger partial charge in [-0.2, -0.15) is 0 Å². The highest BCUT2D eigenvalue weighted by Crippen LogP contribution is 2.26. The Labute approximate surface area is 150 Å². The molecule has 1 aliphatic heterocycles. The molecule has 138 valence electrons. The van der Waals surface area contributed by atoms with E-state index in [1.165, 1.54) is 0 Å². The lowest BCUT2D eigenvalue weighted by Gasteiger charge is -2.33. The van der Waals surface area contributed by atoms with Crippen LogP contribution in [0.15, 0.2) is 24.4 Å². The molecule has 2 N–H and O–H groups in total. The first-order valence-electron chi connectivity index (χ1n) is 9.44. The fraction of sp³-hybridized carbons (Fsp3) is 0.684. The van der Waals surface area contributed by atoms with Gasteiger partial charge >= 0.3 is 6.03 Å². The van der Waals surface area contributed by atoms with Crippen LogP contribution in [0, 0.1) is 5.92 Å². The Hall–Kier alpha value is -1.66. The molecule has 1 aliphatic carbocycles. The number of likely N-dealkylation sites (tertiary alicyclic amines) is 1. The van der Waals surface area contributed by atoms with Crippen LogP contribution in [0.4, 0.5) is 4.79 Å². The second-order valence-corrected chi connectivity index (χ2v) is 7.46. The van der Waals surface area contributed by atoms with Crippen molar-refractivity contribution in [3.8, 4) is 0 Å². The lowest BCUT2D eigenvalue weighted by Crippen LogP contribution is -2.49. The summed E-state index contributed by atoms with van der Waals surface area (Å²) in [5, 5.41) is 13.1. The van der Waals surface area contributed by atoms with Gasteiger partial charge in [-0.3, -0.25) is 9.88 Å². The molecule has 2 heterocycles. The summed E-state index contributed by atoms with van der Waals surface area (Å²) in [6.07, 6.45) is 6.48. The lowest BCUT2D eigenvalue weighted by atomic mass is 10.0. The van der Waals surface area contributed by atoms with Gasteiger partial charge in [-0.25, -0.2) is 4.79 Å². The van der Waals surface area contributed by atoms with Gasteiger partial charge in [0.15, 0.2) is 0 Å². The number of hydrogen-bond acceptors (Lipinski definition) is 4. The zero-order valence-corrected chi connectivity index (χ0v) is 15.1. The number of aliphatic hydroxyl groups is 1. The minimum absolute atomic E-state index is 0.0118. The first-order chi connectivity index (χ1) is 12.1. The van der Waals surface area contributed by atoms with Gasteiger partial charge < -0.3 is 15.3 Å². The van der Waals surface area contributed by atoms with E-state index in [-0.39, 0.29) is 24.1 Å². The van der Waals surface area contributed by atoms with Gasteiger partial charge in [-0.1, -0.05) is 12.5 Å². The average Bonchev–Trinajstić information content (AvgIpc) is 3.02. The van der Waals surface area contributed by atoms with E-state index in [1.54, 1.807) is 4.90 Å². The third-order valence-corrected chi connectivity index (χ3v) is 5.50. The number of piperidine rings is 1. The van der Waals surface area contributed by atoms with Crippen LogP contribution in [0.3, 0.4) is 0 Å². The van der Waals surface area contributed by atoms with Crippen molar-refractivity contribution in [2.75, 3.05) is 26.7 Å². The van der Waals surface area contributed by atoms with Crippen molar-refractivity contribution in [3.05, 3.63) is 30.1 Å². The Morgan fingerprint density at radius 2 is 2.12 bits per heavy atom. The van der Waals surface area contributed by atoms with Crippen LogP contribution in [0.25, 0.3) is 0 Å². The smallest absolute Gasteiger partial charge is 0.317 e. The van der Waals surface area contributed by atoms with Gasteiger partial charge in [0.05, 0.1) is 11.8 Å². The van der Waals surface area contributed by atoms with E-state index in [9.17, 15) is 9.90 Å². The minimum Gasteiger partial charge on any atom is -0.393 e. The highest BCUT2D eigenvalue weighted by atomic mass is 16.3. The van der Waals surface area contributed by atoms with Crippen molar-refractivity contribution in [2.45, 2.75) is 50.8 Å². The second kappa shape index (κ2) is 8.63. The molecule has 1 saturated carbocycles. The van der Waals surface area contributed by atoms with E-state index in [1.807, 2.05) is 25.4 Å². The summed E-state index contributed by atoms with van der Waals surface area (Å²) in [5.41, 5.74) is 1.10. The summed E-state index contributed by atoms with van der Waals surface area (Å²) < 4.78 is 0. The Morgan fingerprint density at radius 1 is 1.32 bits per heavy atom. The van der Waals surface area contributed by atoms with E-state index in [2.05, 4.69) is 21.3 Å². The monoisotopic (exact) mass is 346 g/mol. The maximum Gasteiger partial charge on any atom is 0.317 e. The van der Waals surface area contributed by atoms with Gasteiger partial charge in [0, 0.05) is 51.4 Å². The standard InChI is InChI=1S/C19H30N4O2/c1-22(13-15-5-4-7-18(15)24)19(25)21-16-8-11-23(12-9-16)14-17-6-2-3-10-20-17/h2-3,6,10,15-16,18,24H,4-5,7-9,11-14H2,1H3,(H,21,25). The zero-order valence-electron chi connectivity index (χ0n) is 15.1. The van der Waals surface area contributed by atoms with E-state index >= 15 is 0 Å². The maximum atomic E-state index is 12.4. The number of carbonyl (C=O) groups excluding carboxylic acids is 1. The van der Waals surface area contributed by atoms with Gasteiger partial charge in [0.2, 0.25) is 0 Å². The van der Waals surface area contributed by atoms with Crippen molar-refractivity contribution in [1.82, 2.24) is 20.1 Å². The highest BCUT2D eigenvalue weighted by molar-refractivity contribution is 5.74. The molecule has 2 aliphatic rings. The average molecular weight is 346 g/mol. The van der Waals surface area contributed by atoms with Crippen molar-refractivity contribution in [2.24, 2.45) is 5.92 Å². The largest absolute Gasteiger partial charge is 0.393 e. The molecule has 3 rings (SSSR count). The van der Waals surface area contributed by atoms with Gasteiger partial charge in [-0.15, -0.1) is 0 Å². The minimum atomic E-state index is -0.245. The van der Waals surface area contributed by atoms with Crippen LogP contribution in [-0.2, 0) is 6.54 Å². The lowest BCUT2D eigenvalue weighted by molar-refractivity contribution is 0.112. The Balaban J connectivity index is 1.38. The molecule has 2 fully saturated rings. The van der Waals surface area contributed by atoms with Crippen molar-refractivity contribution in [3.63, 3.8) is 0 Å². The molecule has 0 aromatic carbocycles. The molecular weight excluding hydrogens is 316 g/mol. The van der Waals surface area contributed by atoms with Gasteiger partial charge in [-0.05, 0) is 37.8 Å². The summed E-state index contributed by atoms with van der Waals surface area (Å²) >= 11 is 0. The zero-order chi connectivity index (χ0) is 17.6. The molecule has 2 unspecified atom stereocenters. The maximum absolute atomic E-state index is 12.4. The molecule has 6 heteroatoms. The van der Waals surface area contributed by atoms with Gasteiger partial charge in [0.1, 0.15) is 0 Å². The molecule has 0 bridgehead atoms. The molecule has 2 amide bonds. The van der Waals surface area contributed by atoms with E-state index in [0.29, 0.717) is 6.54 Å². The third kappa shape index (κ3) is 5.16. The number of pyridine rings is 1. The SMILES string of the molecule is CN(CC1CCCC1O)C(=O)NC1CCN(Cc2ccccn2)CC1. The molecule has 25 heavy (non-hydrogen) atoms. The highest BCUT2D eigenvalue weighted by Gasteiger charge is 2.28. The first-order valence-corrected chi connectivity index (χ1v) is 9.44. The van der Waals surface area contributed by atoms with Crippen LogP contribution in [0.5, 0.6) is 0 Å². The van der Waals surface area contributed by atoms with Crippen molar-refractivity contribution >= 4 is 6.03 Å². The Bertz CT molecular complexity index is 546. The summed E-state index contributed by atoms with van der Waals surface area (Å²) in [6.45, 7) is 3.48. The molecule has 2 atom stereocenters. The molecule has 0 radical (unpaired) electrons. The predicted molar refractivity (Wildman–Crippen MR) is 97.0 cm³/mol. The first kappa shape index (κ1) is 18.1. The summed E-state index contributed by atoms with van der Waals surface area (Å²) in [5.74, 6) is 0.232. The predicted octanol–water partition coefficient (Wildman–Crippen LogP) is 1.85. The molecule has 0 spiro atoms. The number of amides is 2. The third-order valence-electron chi connectivity index (χ3n) is 5.50. The summed E-state index contributed by atoms with van der Waals surface area (Å²) in [6, 6.07) is 6.24. The number of rotatable bonds is 5. The Kier molecular flexibility index (Phi) is 6.26. The number of carbonyl (C=O) groups is 1. The molecule has 6 nitrogen and oxygen atoms in total. The summed E-state index contributed by atoms with van der Waals surface area (Å²) in [4.78, 5) is 20.9. The fourth-order valence-electron chi connectivity index (χ4n) is 3.91. The van der Waals surface area contributed by atoms with E-state index in [4.69, 9.17) is 0 Å². The topological polar surface area (TPSA) is 68.7 Å². The Morgan fingerprint density at radius 3 is 2.76 bits per heavy atom. The summed E-state index contributed by atoms with van der Waals surface area (Å²) in [7, 11) is 1.83. The number of aromatic nitrogens is 1. The van der Waals surface area contributed by atoms with Crippen molar-refractivity contribution in [1.29, 1.82) is 0 Å². The number of aliphatic hydroxyl groups excluding tert-OH is 1. The van der Waals surface area contributed by atoms with Crippen LogP contribution >= 0.6 is 0 Å². The molecule has 1 aromatic heterocycles. The molecular formula is C19H30N4O2. The quantitative estimate of drug-likeness (QED) is 0.854. The van der Waals surface area contributed by atoms with Crippen molar-refractivity contribution < 1.29 is 9.90 Å². The number of urea groups is 1. The van der Waals surface area contributed by atoms with Gasteiger partial charge in [0.25, 0.3) is 0 Å². The number of nitrogens with one attached hydrogen (secondary N) is 1. The van der Waals surface area contributed by atoms with Crippen LogP contribution in [0.1, 0.15) is 37.8 Å². The molecule has 1 saturated heterocycles. The number of hydrogen-bond donors (Lipinski definition) is 2. The number of nitrogens with zero attached hydrogens (tertiary/aromatic N) is 3. The van der Waals surface area contributed by atoms with Crippen LogP contribution in [-0.4, -0.2) is 64.7 Å². The normalized spacial score (nSPS) is 25.0. The van der Waals surface area contributed by atoms with Crippen LogP contribution < -0.4 is 5.32 Å². The fourth-order valence-corrected chi connectivity index (χ4v) is 3.91.